The van der Waals surface area contributed by atoms with Crippen LogP contribution in [0.4, 0.5) is 0 Å². The van der Waals surface area contributed by atoms with Gasteiger partial charge in [0.05, 0.1) is 14.2 Å². The maximum absolute atomic E-state index is 7.75. The second-order valence-corrected chi connectivity index (χ2v) is 3.40. The third-order valence-corrected chi connectivity index (χ3v) is 2.23. The Morgan fingerprint density at radius 2 is 1.60 bits per heavy atom. The fraction of sp³-hybridized carbons (Fsp3) is 0.800. The van der Waals surface area contributed by atoms with E-state index in [2.05, 4.69) is 13.7 Å². The van der Waals surface area contributed by atoms with Crippen LogP contribution in [0.25, 0.3) is 0 Å². The molecule has 0 bridgehead atoms. The Morgan fingerprint density at radius 1 is 1.30 bits per heavy atom. The van der Waals surface area contributed by atoms with Crippen LogP contribution in [-0.4, -0.2) is 27.2 Å². The Hall–Kier alpha value is 0.552. The fourth-order valence-corrected chi connectivity index (χ4v) is 1.12. The standard InChI is InChI=1S/C4H11O2P.CHO.Cr/c1-4-7(5-2)6-3;1-2;/h4H2,1-3H3;1H;/q;-1;/p+1. The largest absolute Gasteiger partial charge is 0.545 e. The first-order valence-corrected chi connectivity index (χ1v) is 4.04. The third-order valence-electron chi connectivity index (χ3n) is 0.744. The zero-order chi connectivity index (χ0) is 7.70. The molecule has 0 saturated heterocycles. The number of carbonyl (C=O) groups excluding carboxylic acids is 1. The minimum absolute atomic E-state index is 0. The molecule has 0 unspecified atom stereocenters. The molecule has 0 N–H and O–H groups in total. The number of hydrogen-bond donors (Lipinski definition) is 0. The van der Waals surface area contributed by atoms with Crippen molar-refractivity contribution < 1.29 is 31.2 Å². The van der Waals surface area contributed by atoms with Crippen molar-refractivity contribution in [2.75, 3.05) is 20.4 Å². The van der Waals surface area contributed by atoms with Gasteiger partial charge in [-0.2, -0.15) is 0 Å². The van der Waals surface area contributed by atoms with Gasteiger partial charge in [0.2, 0.25) is 0 Å². The summed E-state index contributed by atoms with van der Waals surface area (Å²) in [7, 11) is 2.50. The predicted molar refractivity (Wildman–Crippen MR) is 39.6 cm³/mol. The molecule has 0 atom stereocenters. The number of hydrogen-bond acceptors (Lipinski definition) is 3. The van der Waals surface area contributed by atoms with Crippen molar-refractivity contribution in [3.63, 3.8) is 0 Å². The average molecular weight is 204 g/mol. The van der Waals surface area contributed by atoms with Crippen LogP contribution in [0.15, 0.2) is 0 Å². The Kier molecular flexibility index (Phi) is 27.5. The molecule has 0 fully saturated rings. The molecule has 5 heteroatoms. The van der Waals surface area contributed by atoms with E-state index in [9.17, 15) is 0 Å². The molecule has 0 aliphatic rings. The SMILES string of the molecule is CC[PH+](OC)OC.[CH-]=O.[Cr]. The summed E-state index contributed by atoms with van der Waals surface area (Å²) in [6, 6.07) is 0. The van der Waals surface area contributed by atoms with Crippen molar-refractivity contribution in [3.8, 4) is 0 Å². The van der Waals surface area contributed by atoms with E-state index in [1.165, 1.54) is 0 Å². The van der Waals surface area contributed by atoms with E-state index in [0.29, 0.717) is 0 Å². The first-order valence-electron chi connectivity index (χ1n) is 2.52. The van der Waals surface area contributed by atoms with Crippen LogP contribution in [0.2, 0.25) is 0 Å². The zero-order valence-corrected chi connectivity index (χ0v) is 8.69. The van der Waals surface area contributed by atoms with Crippen LogP contribution in [-0.2, 0) is 31.2 Å². The maximum Gasteiger partial charge on any atom is 0.261 e. The molecule has 10 heavy (non-hydrogen) atoms. The van der Waals surface area contributed by atoms with Crippen LogP contribution >= 0.6 is 8.38 Å². The molecule has 62 valence electrons. The van der Waals surface area contributed by atoms with Crippen LogP contribution < -0.4 is 0 Å². The molecular formula is C5H13CrO3P. The van der Waals surface area contributed by atoms with Gasteiger partial charge in [-0.1, -0.05) is 0 Å². The molecule has 0 aliphatic carbocycles. The van der Waals surface area contributed by atoms with Crippen molar-refractivity contribution in [3.05, 3.63) is 0 Å². The van der Waals surface area contributed by atoms with Crippen molar-refractivity contribution in [2.45, 2.75) is 6.92 Å². The Bertz CT molecular complexity index is 46.6. The zero-order valence-electron chi connectivity index (χ0n) is 6.42. The molecule has 0 amide bonds. The van der Waals surface area contributed by atoms with Crippen molar-refractivity contribution in [1.29, 1.82) is 0 Å². The minimum Gasteiger partial charge on any atom is -0.545 e. The Labute approximate surface area is 74.1 Å². The van der Waals surface area contributed by atoms with E-state index in [-0.39, 0.29) is 17.4 Å². The molecule has 0 heterocycles. The average Bonchev–Trinajstić information content (AvgIpc) is 1.96. The normalized spacial score (nSPS) is 7.60. The van der Waals surface area contributed by atoms with Crippen molar-refractivity contribution >= 4 is 15.2 Å². The van der Waals surface area contributed by atoms with E-state index in [1.54, 1.807) is 14.2 Å². The van der Waals surface area contributed by atoms with E-state index >= 15 is 0 Å². The molecule has 0 saturated carbocycles. The Morgan fingerprint density at radius 3 is 1.60 bits per heavy atom. The second kappa shape index (κ2) is 16.3. The molecule has 0 rings (SSSR count). The smallest absolute Gasteiger partial charge is 0.261 e. The summed E-state index contributed by atoms with van der Waals surface area (Å²) in [6.45, 7) is 5.31. The van der Waals surface area contributed by atoms with Gasteiger partial charge in [0.25, 0.3) is 8.38 Å². The van der Waals surface area contributed by atoms with Gasteiger partial charge in [0.15, 0.2) is 0 Å². The van der Waals surface area contributed by atoms with Crippen LogP contribution in [0.5, 0.6) is 0 Å². The second-order valence-electron chi connectivity index (χ2n) is 1.13. The summed E-state index contributed by atoms with van der Waals surface area (Å²) < 4.78 is 9.86. The first kappa shape index (κ1) is 16.9. The van der Waals surface area contributed by atoms with E-state index in [1.807, 2.05) is 0 Å². The van der Waals surface area contributed by atoms with E-state index in [0.717, 1.165) is 6.16 Å². The summed E-state index contributed by atoms with van der Waals surface area (Å²) in [6.07, 6.45) is 1.01. The van der Waals surface area contributed by atoms with E-state index < -0.39 is 8.38 Å². The third kappa shape index (κ3) is 11.4. The first-order chi connectivity index (χ1) is 4.35. The quantitative estimate of drug-likeness (QED) is 0.392. The maximum atomic E-state index is 7.75. The molecule has 0 aromatic heterocycles. The van der Waals surface area contributed by atoms with Gasteiger partial charge in [0.1, 0.15) is 6.16 Å². The summed E-state index contributed by atoms with van der Waals surface area (Å²) in [5.74, 6) is 0. The molecule has 0 aromatic carbocycles. The summed E-state index contributed by atoms with van der Waals surface area (Å²) in [5.41, 5.74) is 0. The van der Waals surface area contributed by atoms with E-state index in [4.69, 9.17) is 13.8 Å². The topological polar surface area (TPSA) is 35.5 Å². The van der Waals surface area contributed by atoms with Crippen molar-refractivity contribution in [2.24, 2.45) is 0 Å². The van der Waals surface area contributed by atoms with Crippen LogP contribution in [0, 0.1) is 0 Å². The van der Waals surface area contributed by atoms with Crippen LogP contribution in [0.3, 0.4) is 0 Å². The molecule has 0 radical (unpaired) electrons. The summed E-state index contributed by atoms with van der Waals surface area (Å²) >= 11 is 0. The fourth-order valence-electron chi connectivity index (χ4n) is 0.372. The van der Waals surface area contributed by atoms with Gasteiger partial charge in [-0.05, 0) is 6.92 Å². The van der Waals surface area contributed by atoms with Gasteiger partial charge in [-0.15, -0.1) is 0 Å². The summed E-state index contributed by atoms with van der Waals surface area (Å²) in [4.78, 5) is 7.75. The van der Waals surface area contributed by atoms with Gasteiger partial charge in [-0.3, -0.25) is 6.79 Å². The predicted octanol–water partition coefficient (Wildman–Crippen LogP) is 1.07. The summed E-state index contributed by atoms with van der Waals surface area (Å²) in [5, 5.41) is 0. The number of rotatable bonds is 3. The van der Waals surface area contributed by atoms with Crippen molar-refractivity contribution in [1.82, 2.24) is 0 Å². The Balaban J connectivity index is -0.000000149. The van der Waals surface area contributed by atoms with Gasteiger partial charge in [-0.25, -0.2) is 9.05 Å². The van der Waals surface area contributed by atoms with Crippen LogP contribution in [0.1, 0.15) is 6.92 Å². The molecule has 0 aromatic rings. The minimum atomic E-state index is -0.863. The van der Waals surface area contributed by atoms with Gasteiger partial charge < -0.3 is 4.79 Å². The molecule has 0 aliphatic heterocycles. The molecular weight excluding hydrogens is 191 g/mol. The molecule has 3 nitrogen and oxygen atoms in total. The van der Waals surface area contributed by atoms with Gasteiger partial charge >= 0.3 is 0 Å². The molecule has 0 spiro atoms. The van der Waals surface area contributed by atoms with Gasteiger partial charge in [0, 0.05) is 17.4 Å². The monoisotopic (exact) mass is 204 g/mol.